The Labute approximate surface area is 139 Å². The SMILES string of the molecule is CC1CCN(CCCCNC(=O)c2ccc(N)cc2)CC1.Cl. The Balaban J connectivity index is 0.00000242. The first-order valence-electron chi connectivity index (χ1n) is 8.01. The molecule has 2 rings (SSSR count). The highest BCUT2D eigenvalue weighted by molar-refractivity contribution is 5.94. The number of hydrogen-bond acceptors (Lipinski definition) is 3. The molecule has 0 unspecified atom stereocenters. The first-order valence-corrected chi connectivity index (χ1v) is 8.01. The van der Waals surface area contributed by atoms with Crippen molar-refractivity contribution < 1.29 is 4.79 Å². The number of likely N-dealkylation sites (tertiary alicyclic amines) is 1. The number of nitrogens with two attached hydrogens (primary N) is 1. The molecule has 1 aromatic carbocycles. The fourth-order valence-electron chi connectivity index (χ4n) is 2.68. The Bertz CT molecular complexity index is 442. The fraction of sp³-hybridized carbons (Fsp3) is 0.588. The Kier molecular flexibility index (Phi) is 8.28. The van der Waals surface area contributed by atoms with Crippen LogP contribution in [-0.4, -0.2) is 37.0 Å². The molecule has 1 fully saturated rings. The van der Waals surface area contributed by atoms with Crippen LogP contribution in [0.3, 0.4) is 0 Å². The Hall–Kier alpha value is -1.26. The van der Waals surface area contributed by atoms with E-state index in [4.69, 9.17) is 5.73 Å². The zero-order valence-corrected chi connectivity index (χ0v) is 14.2. The lowest BCUT2D eigenvalue weighted by atomic mass is 9.99. The zero-order valence-electron chi connectivity index (χ0n) is 13.4. The summed E-state index contributed by atoms with van der Waals surface area (Å²) in [6.45, 7) is 6.71. The largest absolute Gasteiger partial charge is 0.399 e. The molecule has 0 saturated carbocycles. The van der Waals surface area contributed by atoms with Crippen molar-refractivity contribution in [2.75, 3.05) is 31.9 Å². The molecule has 22 heavy (non-hydrogen) atoms. The van der Waals surface area contributed by atoms with Crippen molar-refractivity contribution in [3.05, 3.63) is 29.8 Å². The molecule has 1 aromatic rings. The number of carbonyl (C=O) groups excluding carboxylic acids is 1. The molecule has 1 aliphatic heterocycles. The van der Waals surface area contributed by atoms with Crippen molar-refractivity contribution in [2.45, 2.75) is 32.6 Å². The van der Waals surface area contributed by atoms with Gasteiger partial charge in [-0.05, 0) is 75.5 Å². The van der Waals surface area contributed by atoms with Crippen molar-refractivity contribution in [2.24, 2.45) is 5.92 Å². The lowest BCUT2D eigenvalue weighted by Gasteiger charge is -2.30. The van der Waals surface area contributed by atoms with E-state index in [9.17, 15) is 4.79 Å². The van der Waals surface area contributed by atoms with Gasteiger partial charge in [-0.2, -0.15) is 0 Å². The Morgan fingerprint density at radius 1 is 1.23 bits per heavy atom. The highest BCUT2D eigenvalue weighted by atomic mass is 35.5. The van der Waals surface area contributed by atoms with Gasteiger partial charge in [-0.25, -0.2) is 0 Å². The molecule has 0 aliphatic carbocycles. The minimum absolute atomic E-state index is 0. The van der Waals surface area contributed by atoms with E-state index in [2.05, 4.69) is 17.1 Å². The second kappa shape index (κ2) is 9.70. The predicted octanol–water partition coefficient (Wildman–Crippen LogP) is 2.93. The van der Waals surface area contributed by atoms with Crippen LogP contribution in [0.15, 0.2) is 24.3 Å². The van der Waals surface area contributed by atoms with E-state index in [1.165, 1.54) is 25.9 Å². The summed E-state index contributed by atoms with van der Waals surface area (Å²) in [5.74, 6) is 0.877. The molecule has 1 saturated heterocycles. The third kappa shape index (κ3) is 6.24. The average Bonchev–Trinajstić information content (AvgIpc) is 2.49. The molecule has 124 valence electrons. The normalized spacial score (nSPS) is 16.0. The van der Waals surface area contributed by atoms with Crippen LogP contribution in [0.5, 0.6) is 0 Å². The van der Waals surface area contributed by atoms with Crippen LogP contribution in [0, 0.1) is 5.92 Å². The maximum absolute atomic E-state index is 11.9. The monoisotopic (exact) mass is 325 g/mol. The minimum atomic E-state index is -0.0122. The topological polar surface area (TPSA) is 58.4 Å². The molecule has 5 heteroatoms. The van der Waals surface area contributed by atoms with E-state index in [-0.39, 0.29) is 18.3 Å². The van der Waals surface area contributed by atoms with Gasteiger partial charge in [0.05, 0.1) is 0 Å². The van der Waals surface area contributed by atoms with Crippen molar-refractivity contribution in [1.82, 2.24) is 10.2 Å². The Morgan fingerprint density at radius 3 is 2.50 bits per heavy atom. The number of amides is 1. The van der Waals surface area contributed by atoms with E-state index in [1.807, 2.05) is 0 Å². The van der Waals surface area contributed by atoms with Gasteiger partial charge >= 0.3 is 0 Å². The van der Waals surface area contributed by atoms with E-state index in [0.29, 0.717) is 11.3 Å². The molecule has 0 bridgehead atoms. The van der Waals surface area contributed by atoms with Crippen LogP contribution in [0.4, 0.5) is 5.69 Å². The van der Waals surface area contributed by atoms with Gasteiger partial charge in [-0.1, -0.05) is 6.92 Å². The number of hydrogen-bond donors (Lipinski definition) is 2. The Morgan fingerprint density at radius 2 is 1.86 bits per heavy atom. The van der Waals surface area contributed by atoms with Gasteiger partial charge in [0.2, 0.25) is 0 Å². The van der Waals surface area contributed by atoms with E-state index in [1.54, 1.807) is 24.3 Å². The number of nitrogen functional groups attached to an aromatic ring is 1. The molecule has 1 heterocycles. The summed E-state index contributed by atoms with van der Waals surface area (Å²) < 4.78 is 0. The van der Waals surface area contributed by atoms with Crippen molar-refractivity contribution in [1.29, 1.82) is 0 Å². The summed E-state index contributed by atoms with van der Waals surface area (Å²) in [5.41, 5.74) is 6.97. The van der Waals surface area contributed by atoms with Crippen LogP contribution in [0.1, 0.15) is 43.0 Å². The van der Waals surface area contributed by atoms with Gasteiger partial charge in [0.25, 0.3) is 5.91 Å². The number of halogens is 1. The molecule has 4 nitrogen and oxygen atoms in total. The second-order valence-electron chi connectivity index (χ2n) is 6.11. The van der Waals surface area contributed by atoms with Crippen LogP contribution >= 0.6 is 12.4 Å². The molecular weight excluding hydrogens is 298 g/mol. The van der Waals surface area contributed by atoms with E-state index in [0.717, 1.165) is 31.8 Å². The van der Waals surface area contributed by atoms with Crippen LogP contribution < -0.4 is 11.1 Å². The van der Waals surface area contributed by atoms with Gasteiger partial charge in [0, 0.05) is 17.8 Å². The molecule has 0 atom stereocenters. The quantitative estimate of drug-likeness (QED) is 0.624. The second-order valence-corrected chi connectivity index (χ2v) is 6.11. The molecular formula is C17H28ClN3O. The lowest BCUT2D eigenvalue weighted by Crippen LogP contribution is -2.34. The standard InChI is InChI=1S/C17H27N3O.ClH/c1-14-8-12-20(13-9-14)11-3-2-10-19-17(21)15-4-6-16(18)7-5-15;/h4-7,14H,2-3,8-13,18H2,1H3,(H,19,21);1H. The van der Waals surface area contributed by atoms with E-state index < -0.39 is 0 Å². The van der Waals surface area contributed by atoms with Crippen molar-refractivity contribution in [3.8, 4) is 0 Å². The van der Waals surface area contributed by atoms with Crippen LogP contribution in [-0.2, 0) is 0 Å². The fourth-order valence-corrected chi connectivity index (χ4v) is 2.68. The summed E-state index contributed by atoms with van der Waals surface area (Å²) in [6.07, 6.45) is 4.84. The summed E-state index contributed by atoms with van der Waals surface area (Å²) in [5, 5.41) is 2.96. The number of carbonyl (C=O) groups is 1. The number of piperidine rings is 1. The molecule has 1 amide bonds. The van der Waals surface area contributed by atoms with Gasteiger partial charge < -0.3 is 16.0 Å². The molecule has 0 aromatic heterocycles. The molecule has 0 spiro atoms. The first kappa shape index (κ1) is 18.8. The van der Waals surface area contributed by atoms with Gasteiger partial charge in [0.15, 0.2) is 0 Å². The van der Waals surface area contributed by atoms with Crippen LogP contribution in [0.2, 0.25) is 0 Å². The first-order chi connectivity index (χ1) is 10.1. The number of nitrogens with one attached hydrogen (secondary N) is 1. The number of benzene rings is 1. The molecule has 1 aliphatic rings. The molecule has 0 radical (unpaired) electrons. The summed E-state index contributed by atoms with van der Waals surface area (Å²) in [7, 11) is 0. The zero-order chi connectivity index (χ0) is 15.1. The number of rotatable bonds is 6. The maximum Gasteiger partial charge on any atom is 0.251 e. The average molecular weight is 326 g/mol. The summed E-state index contributed by atoms with van der Waals surface area (Å²) in [6, 6.07) is 7.04. The third-order valence-corrected chi connectivity index (χ3v) is 4.24. The number of anilines is 1. The highest BCUT2D eigenvalue weighted by Gasteiger charge is 2.14. The predicted molar refractivity (Wildman–Crippen MR) is 94.5 cm³/mol. The minimum Gasteiger partial charge on any atom is -0.399 e. The third-order valence-electron chi connectivity index (χ3n) is 4.24. The number of unbranched alkanes of at least 4 members (excludes halogenated alkanes) is 1. The maximum atomic E-state index is 11.9. The van der Waals surface area contributed by atoms with Crippen molar-refractivity contribution >= 4 is 24.0 Å². The summed E-state index contributed by atoms with van der Waals surface area (Å²) >= 11 is 0. The number of nitrogens with zero attached hydrogens (tertiary/aromatic N) is 1. The van der Waals surface area contributed by atoms with Crippen LogP contribution in [0.25, 0.3) is 0 Å². The van der Waals surface area contributed by atoms with Gasteiger partial charge in [0.1, 0.15) is 0 Å². The lowest BCUT2D eigenvalue weighted by molar-refractivity contribution is 0.0952. The summed E-state index contributed by atoms with van der Waals surface area (Å²) in [4.78, 5) is 14.4. The smallest absolute Gasteiger partial charge is 0.251 e. The van der Waals surface area contributed by atoms with Gasteiger partial charge in [-0.15, -0.1) is 12.4 Å². The van der Waals surface area contributed by atoms with Crippen molar-refractivity contribution in [3.63, 3.8) is 0 Å². The molecule has 3 N–H and O–H groups in total. The van der Waals surface area contributed by atoms with E-state index >= 15 is 0 Å². The van der Waals surface area contributed by atoms with Gasteiger partial charge in [-0.3, -0.25) is 4.79 Å². The highest BCUT2D eigenvalue weighted by Crippen LogP contribution is 2.16.